The molecule has 0 aliphatic carbocycles. The number of ether oxygens (including phenoxy) is 1. The normalized spacial score (nSPS) is 11.1. The maximum Gasteiger partial charge on any atom is 0.418 e. The largest absolute Gasteiger partial charge is 0.496 e. The van der Waals surface area contributed by atoms with Gasteiger partial charge in [0.15, 0.2) is 0 Å². The first-order valence-corrected chi connectivity index (χ1v) is 8.58. The van der Waals surface area contributed by atoms with Crippen LogP contribution >= 0.6 is 0 Å². The molecule has 0 saturated carbocycles. The van der Waals surface area contributed by atoms with E-state index in [0.29, 0.717) is 18.8 Å². The third-order valence-corrected chi connectivity index (χ3v) is 4.06. The van der Waals surface area contributed by atoms with Gasteiger partial charge in [-0.1, -0.05) is 30.3 Å². The molecule has 146 valence electrons. The Morgan fingerprint density at radius 3 is 2.46 bits per heavy atom. The highest BCUT2D eigenvalue weighted by Crippen LogP contribution is 2.35. The predicted octanol–water partition coefficient (Wildman–Crippen LogP) is 4.90. The van der Waals surface area contributed by atoms with E-state index in [0.717, 1.165) is 17.4 Å². The number of benzene rings is 2. The van der Waals surface area contributed by atoms with Gasteiger partial charge < -0.3 is 15.4 Å². The zero-order valence-corrected chi connectivity index (χ0v) is 15.1. The van der Waals surface area contributed by atoms with E-state index in [9.17, 15) is 13.2 Å². The van der Waals surface area contributed by atoms with Crippen molar-refractivity contribution in [2.24, 2.45) is 0 Å². The summed E-state index contributed by atoms with van der Waals surface area (Å²) < 4.78 is 44.7. The molecular formula is C20H19F3N4O. The molecule has 2 N–H and O–H groups in total. The molecule has 3 aromatic rings. The highest BCUT2D eigenvalue weighted by atomic mass is 19.4. The average Bonchev–Trinajstić information content (AvgIpc) is 2.68. The monoisotopic (exact) mass is 388 g/mol. The van der Waals surface area contributed by atoms with Gasteiger partial charge in [0.1, 0.15) is 23.7 Å². The van der Waals surface area contributed by atoms with Crippen LogP contribution in [0.15, 0.2) is 60.9 Å². The lowest BCUT2D eigenvalue weighted by molar-refractivity contribution is -0.136. The Balaban J connectivity index is 1.67. The lowest BCUT2D eigenvalue weighted by Gasteiger charge is -2.14. The van der Waals surface area contributed by atoms with Crippen LogP contribution in [0.5, 0.6) is 5.75 Å². The molecule has 2 aromatic carbocycles. The molecule has 0 unspecified atom stereocenters. The Morgan fingerprint density at radius 2 is 1.68 bits per heavy atom. The molecule has 0 radical (unpaired) electrons. The second-order valence-electron chi connectivity index (χ2n) is 5.95. The Labute approximate surface area is 160 Å². The van der Waals surface area contributed by atoms with E-state index in [1.165, 1.54) is 24.5 Å². The van der Waals surface area contributed by atoms with Crippen molar-refractivity contribution in [3.05, 3.63) is 72.1 Å². The highest BCUT2D eigenvalue weighted by Gasteiger charge is 2.33. The number of hydrogen-bond donors (Lipinski definition) is 2. The Morgan fingerprint density at radius 1 is 0.964 bits per heavy atom. The van der Waals surface area contributed by atoms with E-state index in [4.69, 9.17) is 4.74 Å². The van der Waals surface area contributed by atoms with Gasteiger partial charge in [-0.15, -0.1) is 0 Å². The number of methoxy groups -OCH3 is 1. The molecule has 1 heterocycles. The number of anilines is 3. The number of nitrogens with zero attached hydrogens (tertiary/aromatic N) is 2. The number of para-hydroxylation sites is 2. The van der Waals surface area contributed by atoms with Crippen molar-refractivity contribution < 1.29 is 17.9 Å². The van der Waals surface area contributed by atoms with Crippen molar-refractivity contribution in [2.45, 2.75) is 12.6 Å². The zero-order valence-electron chi connectivity index (χ0n) is 15.1. The SMILES string of the molecule is COc1ccccc1CCNc1cc(Nc2ccccc2C(F)(F)F)ncn1. The molecule has 3 rings (SSSR count). The lowest BCUT2D eigenvalue weighted by atomic mass is 10.1. The highest BCUT2D eigenvalue weighted by molar-refractivity contribution is 5.63. The third-order valence-electron chi connectivity index (χ3n) is 4.06. The van der Waals surface area contributed by atoms with E-state index in [1.807, 2.05) is 24.3 Å². The molecule has 8 heteroatoms. The van der Waals surface area contributed by atoms with Gasteiger partial charge in [-0.2, -0.15) is 13.2 Å². The van der Waals surface area contributed by atoms with E-state index < -0.39 is 11.7 Å². The first-order valence-electron chi connectivity index (χ1n) is 8.58. The maximum absolute atomic E-state index is 13.1. The first-order chi connectivity index (χ1) is 13.5. The fraction of sp³-hybridized carbons (Fsp3) is 0.200. The van der Waals surface area contributed by atoms with Gasteiger partial charge in [0, 0.05) is 12.6 Å². The summed E-state index contributed by atoms with van der Waals surface area (Å²) >= 11 is 0. The number of halogens is 3. The van der Waals surface area contributed by atoms with E-state index in [2.05, 4.69) is 20.6 Å². The minimum atomic E-state index is -4.45. The van der Waals surface area contributed by atoms with Gasteiger partial charge >= 0.3 is 6.18 Å². The second kappa shape index (κ2) is 8.60. The van der Waals surface area contributed by atoms with Crippen molar-refractivity contribution in [3.8, 4) is 5.75 Å². The van der Waals surface area contributed by atoms with Crippen LogP contribution in [-0.4, -0.2) is 23.6 Å². The Kier molecular flexibility index (Phi) is 5.98. The van der Waals surface area contributed by atoms with Crippen LogP contribution in [0.25, 0.3) is 0 Å². The van der Waals surface area contributed by atoms with E-state index in [-0.39, 0.29) is 11.5 Å². The van der Waals surface area contributed by atoms with Gasteiger partial charge in [0.2, 0.25) is 0 Å². The van der Waals surface area contributed by atoms with Gasteiger partial charge in [0.05, 0.1) is 18.4 Å². The van der Waals surface area contributed by atoms with Gasteiger partial charge in [-0.3, -0.25) is 0 Å². The zero-order chi connectivity index (χ0) is 20.0. The number of nitrogens with one attached hydrogen (secondary N) is 2. The summed E-state index contributed by atoms with van der Waals surface area (Å²) in [5, 5.41) is 5.86. The summed E-state index contributed by atoms with van der Waals surface area (Å²) in [6, 6.07) is 14.5. The number of alkyl halides is 3. The molecule has 28 heavy (non-hydrogen) atoms. The van der Waals surface area contributed by atoms with Gasteiger partial charge in [-0.25, -0.2) is 9.97 Å². The van der Waals surface area contributed by atoms with Crippen molar-refractivity contribution in [2.75, 3.05) is 24.3 Å². The Bertz CT molecular complexity index is 931. The van der Waals surface area contributed by atoms with Crippen molar-refractivity contribution in [3.63, 3.8) is 0 Å². The van der Waals surface area contributed by atoms with Crippen molar-refractivity contribution >= 4 is 17.3 Å². The fourth-order valence-corrected chi connectivity index (χ4v) is 2.73. The van der Waals surface area contributed by atoms with Crippen molar-refractivity contribution in [1.82, 2.24) is 9.97 Å². The second-order valence-corrected chi connectivity index (χ2v) is 5.95. The summed E-state index contributed by atoms with van der Waals surface area (Å²) in [6.45, 7) is 0.579. The van der Waals surface area contributed by atoms with E-state index in [1.54, 1.807) is 13.2 Å². The molecule has 0 fully saturated rings. The molecule has 5 nitrogen and oxygen atoms in total. The maximum atomic E-state index is 13.1. The van der Waals surface area contributed by atoms with Crippen LogP contribution in [0.3, 0.4) is 0 Å². The first kappa shape index (κ1) is 19.5. The number of aromatic nitrogens is 2. The molecule has 0 aliphatic rings. The lowest BCUT2D eigenvalue weighted by Crippen LogP contribution is -2.10. The van der Waals surface area contributed by atoms with Crippen molar-refractivity contribution in [1.29, 1.82) is 0 Å². The smallest absolute Gasteiger partial charge is 0.418 e. The summed E-state index contributed by atoms with van der Waals surface area (Å²) in [5.41, 5.74) is 0.233. The molecule has 1 aromatic heterocycles. The minimum absolute atomic E-state index is 0.0614. The summed E-state index contributed by atoms with van der Waals surface area (Å²) in [4.78, 5) is 8.11. The third kappa shape index (κ3) is 4.91. The fourth-order valence-electron chi connectivity index (χ4n) is 2.73. The van der Waals surface area contributed by atoms with Crippen LogP contribution in [0.1, 0.15) is 11.1 Å². The van der Waals surface area contributed by atoms with Crippen LogP contribution in [-0.2, 0) is 12.6 Å². The summed E-state index contributed by atoms with van der Waals surface area (Å²) in [7, 11) is 1.62. The quantitative estimate of drug-likeness (QED) is 0.603. The number of hydrogen-bond acceptors (Lipinski definition) is 5. The number of rotatable bonds is 7. The minimum Gasteiger partial charge on any atom is -0.496 e. The van der Waals surface area contributed by atoms with Crippen LogP contribution < -0.4 is 15.4 Å². The molecule has 0 bridgehead atoms. The molecule has 0 saturated heterocycles. The van der Waals surface area contributed by atoms with Crippen LogP contribution in [0.4, 0.5) is 30.5 Å². The van der Waals surface area contributed by atoms with Gasteiger partial charge in [-0.05, 0) is 30.2 Å². The molecule has 0 spiro atoms. The Hall–Kier alpha value is -3.29. The predicted molar refractivity (Wildman–Crippen MR) is 102 cm³/mol. The molecular weight excluding hydrogens is 369 g/mol. The average molecular weight is 388 g/mol. The summed E-state index contributed by atoms with van der Waals surface area (Å²) in [5.74, 6) is 1.58. The van der Waals surface area contributed by atoms with E-state index >= 15 is 0 Å². The van der Waals surface area contributed by atoms with Gasteiger partial charge in [0.25, 0.3) is 0 Å². The topological polar surface area (TPSA) is 59.1 Å². The molecule has 0 amide bonds. The summed E-state index contributed by atoms with van der Waals surface area (Å²) in [6.07, 6.45) is -2.45. The molecule has 0 aliphatic heterocycles. The van der Waals surface area contributed by atoms with Crippen LogP contribution in [0.2, 0.25) is 0 Å². The standard InChI is InChI=1S/C20H19F3N4O/c1-28-17-9-5-2-6-14(17)10-11-24-18-12-19(26-13-25-18)27-16-8-4-3-7-15(16)20(21,22)23/h2-9,12-13H,10-11H2,1H3,(H2,24,25,26,27). The molecule has 0 atom stereocenters. The van der Waals surface area contributed by atoms with Crippen LogP contribution in [0, 0.1) is 0 Å².